The number of carbonyl (C=O) groups excluding carboxylic acids is 3. The third-order valence-electron chi connectivity index (χ3n) is 6.02. The molecule has 3 rings (SSSR count). The van der Waals surface area contributed by atoms with Crippen molar-refractivity contribution >= 4 is 17.8 Å². The Morgan fingerprint density at radius 3 is 2.31 bits per heavy atom. The summed E-state index contributed by atoms with van der Waals surface area (Å²) >= 11 is 0. The number of hydrogen-bond acceptors (Lipinski definition) is 4. The first kappa shape index (κ1) is 21.3. The van der Waals surface area contributed by atoms with Crippen LogP contribution in [0.5, 0.6) is 0 Å². The van der Waals surface area contributed by atoms with Gasteiger partial charge in [-0.25, -0.2) is 4.79 Å². The Morgan fingerprint density at radius 1 is 1.14 bits per heavy atom. The molecule has 0 radical (unpaired) electrons. The second-order valence-electron chi connectivity index (χ2n) is 9.09. The summed E-state index contributed by atoms with van der Waals surface area (Å²) in [6, 6.07) is 1.53. The summed E-state index contributed by atoms with van der Waals surface area (Å²) in [6.07, 6.45) is 3.36. The number of amides is 4. The van der Waals surface area contributed by atoms with Crippen molar-refractivity contribution < 1.29 is 14.4 Å². The number of likely N-dealkylation sites (tertiary alicyclic amines) is 1. The monoisotopic (exact) mass is 403 g/mol. The zero-order chi connectivity index (χ0) is 21.3. The Hall–Kier alpha value is -2.38. The zero-order valence-electron chi connectivity index (χ0n) is 18.2. The normalized spacial score (nSPS) is 19.3. The number of aromatic nitrogens is 2. The first-order chi connectivity index (χ1) is 13.7. The van der Waals surface area contributed by atoms with Crippen LogP contribution < -0.4 is 0 Å². The standard InChI is InChI=1S/C21H33N5O3/c1-15(2)7-11-25-19(28)21(26(20(25)29)14-16(3)4)8-12-24(13-9-21)18(27)17-6-10-22-23(17)5/h6,10,15-16H,7-9,11-14H2,1-5H3. The molecule has 2 fully saturated rings. The highest BCUT2D eigenvalue weighted by Gasteiger charge is 2.58. The second-order valence-corrected chi connectivity index (χ2v) is 9.09. The fourth-order valence-electron chi connectivity index (χ4n) is 4.29. The number of imide groups is 1. The first-order valence-corrected chi connectivity index (χ1v) is 10.6. The molecule has 1 aromatic heterocycles. The van der Waals surface area contributed by atoms with E-state index in [0.29, 0.717) is 50.6 Å². The van der Waals surface area contributed by atoms with E-state index < -0.39 is 5.54 Å². The number of carbonyl (C=O) groups is 3. The highest BCUT2D eigenvalue weighted by molar-refractivity contribution is 6.07. The molecule has 160 valence electrons. The summed E-state index contributed by atoms with van der Waals surface area (Å²) in [5.41, 5.74) is -0.283. The molecule has 0 N–H and O–H groups in total. The van der Waals surface area contributed by atoms with E-state index in [1.807, 2.05) is 0 Å². The van der Waals surface area contributed by atoms with Gasteiger partial charge in [0.25, 0.3) is 11.8 Å². The van der Waals surface area contributed by atoms with Crippen LogP contribution in [0.25, 0.3) is 0 Å². The van der Waals surface area contributed by atoms with Gasteiger partial charge >= 0.3 is 6.03 Å². The molecule has 29 heavy (non-hydrogen) atoms. The summed E-state index contributed by atoms with van der Waals surface area (Å²) in [5.74, 6) is 0.520. The van der Waals surface area contributed by atoms with Crippen LogP contribution in [0.4, 0.5) is 4.79 Å². The van der Waals surface area contributed by atoms with Crippen molar-refractivity contribution in [1.29, 1.82) is 0 Å². The molecule has 8 heteroatoms. The molecule has 0 unspecified atom stereocenters. The Kier molecular flexibility index (Phi) is 6.00. The van der Waals surface area contributed by atoms with Crippen LogP contribution in [0.3, 0.4) is 0 Å². The van der Waals surface area contributed by atoms with Gasteiger partial charge in [0.15, 0.2) is 0 Å². The minimum Gasteiger partial charge on any atom is -0.337 e. The summed E-state index contributed by atoms with van der Waals surface area (Å²) in [4.78, 5) is 44.3. The van der Waals surface area contributed by atoms with E-state index in [4.69, 9.17) is 0 Å². The van der Waals surface area contributed by atoms with E-state index in [-0.39, 0.29) is 23.8 Å². The molecule has 1 spiro atoms. The highest BCUT2D eigenvalue weighted by Crippen LogP contribution is 2.38. The maximum Gasteiger partial charge on any atom is 0.327 e. The molecule has 0 atom stereocenters. The van der Waals surface area contributed by atoms with Gasteiger partial charge < -0.3 is 9.80 Å². The third kappa shape index (κ3) is 3.89. The fourth-order valence-corrected chi connectivity index (χ4v) is 4.29. The number of aryl methyl sites for hydroxylation is 1. The summed E-state index contributed by atoms with van der Waals surface area (Å²) < 4.78 is 1.57. The van der Waals surface area contributed by atoms with Crippen molar-refractivity contribution in [3.05, 3.63) is 18.0 Å². The van der Waals surface area contributed by atoms with Gasteiger partial charge in [-0.05, 0) is 37.2 Å². The minimum atomic E-state index is -0.818. The molecular weight excluding hydrogens is 370 g/mol. The van der Waals surface area contributed by atoms with Gasteiger partial charge in [0, 0.05) is 39.4 Å². The van der Waals surface area contributed by atoms with E-state index in [2.05, 4.69) is 32.8 Å². The van der Waals surface area contributed by atoms with Gasteiger partial charge in [-0.2, -0.15) is 5.10 Å². The number of nitrogens with zero attached hydrogens (tertiary/aromatic N) is 5. The van der Waals surface area contributed by atoms with Crippen molar-refractivity contribution in [2.45, 2.75) is 52.5 Å². The highest BCUT2D eigenvalue weighted by atomic mass is 16.2. The van der Waals surface area contributed by atoms with Gasteiger partial charge in [-0.15, -0.1) is 0 Å². The van der Waals surface area contributed by atoms with Crippen molar-refractivity contribution in [3.8, 4) is 0 Å². The van der Waals surface area contributed by atoms with Gasteiger partial charge in [0.2, 0.25) is 0 Å². The average molecular weight is 404 g/mol. The minimum absolute atomic E-state index is 0.0799. The molecular formula is C21H33N5O3. The molecule has 2 aliphatic heterocycles. The number of rotatable bonds is 6. The van der Waals surface area contributed by atoms with Crippen molar-refractivity contribution in [2.24, 2.45) is 18.9 Å². The van der Waals surface area contributed by atoms with E-state index in [1.165, 1.54) is 4.90 Å². The molecule has 3 heterocycles. The summed E-state index contributed by atoms with van der Waals surface area (Å²) in [6.45, 7) is 10.2. The Balaban J connectivity index is 1.79. The van der Waals surface area contributed by atoms with E-state index in [1.54, 1.807) is 33.8 Å². The lowest BCUT2D eigenvalue weighted by atomic mass is 9.85. The van der Waals surface area contributed by atoms with Crippen LogP contribution in [0, 0.1) is 11.8 Å². The second kappa shape index (κ2) is 8.16. The van der Waals surface area contributed by atoms with Crippen molar-refractivity contribution in [3.63, 3.8) is 0 Å². The van der Waals surface area contributed by atoms with E-state index >= 15 is 0 Å². The van der Waals surface area contributed by atoms with Crippen molar-refractivity contribution in [1.82, 2.24) is 24.5 Å². The molecule has 0 aromatic carbocycles. The van der Waals surface area contributed by atoms with Crippen LogP contribution in [0.15, 0.2) is 12.3 Å². The largest absolute Gasteiger partial charge is 0.337 e. The SMILES string of the molecule is CC(C)CCN1C(=O)N(CC(C)C)C2(CCN(C(=O)c3ccnn3C)CC2)C1=O. The maximum absolute atomic E-state index is 13.4. The molecule has 1 aromatic rings. The van der Waals surface area contributed by atoms with E-state index in [0.717, 1.165) is 6.42 Å². The van der Waals surface area contributed by atoms with Crippen LogP contribution in [0.2, 0.25) is 0 Å². The molecule has 2 saturated heterocycles. The Bertz CT molecular complexity index is 777. The van der Waals surface area contributed by atoms with Crippen LogP contribution >= 0.6 is 0 Å². The summed E-state index contributed by atoms with van der Waals surface area (Å²) in [7, 11) is 1.74. The number of urea groups is 1. The smallest absolute Gasteiger partial charge is 0.327 e. The molecule has 0 bridgehead atoms. The topological polar surface area (TPSA) is 78.8 Å². The van der Waals surface area contributed by atoms with Gasteiger partial charge in [0.1, 0.15) is 11.2 Å². The average Bonchev–Trinajstić information content (AvgIpc) is 3.17. The number of hydrogen-bond donors (Lipinski definition) is 0. The summed E-state index contributed by atoms with van der Waals surface area (Å²) in [5, 5.41) is 4.07. The van der Waals surface area contributed by atoms with Crippen LogP contribution in [-0.4, -0.2) is 74.0 Å². The number of piperidine rings is 1. The van der Waals surface area contributed by atoms with Gasteiger partial charge in [-0.3, -0.25) is 19.2 Å². The van der Waals surface area contributed by atoms with Crippen LogP contribution in [-0.2, 0) is 11.8 Å². The molecule has 0 saturated carbocycles. The van der Waals surface area contributed by atoms with Gasteiger partial charge in [0.05, 0.1) is 0 Å². The molecule has 8 nitrogen and oxygen atoms in total. The van der Waals surface area contributed by atoms with E-state index in [9.17, 15) is 14.4 Å². The zero-order valence-corrected chi connectivity index (χ0v) is 18.2. The predicted molar refractivity (Wildman–Crippen MR) is 109 cm³/mol. The Labute approximate surface area is 172 Å². The van der Waals surface area contributed by atoms with Crippen molar-refractivity contribution in [2.75, 3.05) is 26.2 Å². The first-order valence-electron chi connectivity index (χ1n) is 10.6. The van der Waals surface area contributed by atoms with Crippen LogP contribution in [0.1, 0.15) is 57.4 Å². The maximum atomic E-state index is 13.4. The lowest BCUT2D eigenvalue weighted by Gasteiger charge is -2.42. The third-order valence-corrected chi connectivity index (χ3v) is 6.02. The lowest BCUT2D eigenvalue weighted by Crippen LogP contribution is -2.58. The van der Waals surface area contributed by atoms with Gasteiger partial charge in [-0.1, -0.05) is 27.7 Å². The predicted octanol–water partition coefficient (Wildman–Crippen LogP) is 2.36. The quantitative estimate of drug-likeness (QED) is 0.683. The molecule has 2 aliphatic rings. The fraction of sp³-hybridized carbons (Fsp3) is 0.714. The molecule has 0 aliphatic carbocycles. The Morgan fingerprint density at radius 2 is 1.79 bits per heavy atom. The molecule has 4 amide bonds. The lowest BCUT2D eigenvalue weighted by molar-refractivity contribution is -0.135.